The zero-order chi connectivity index (χ0) is 16.8. The molecule has 7 heteroatoms. The van der Waals surface area contributed by atoms with Crippen LogP contribution in [0.2, 0.25) is 0 Å². The van der Waals surface area contributed by atoms with Gasteiger partial charge < -0.3 is 0 Å². The van der Waals surface area contributed by atoms with E-state index in [4.69, 9.17) is 0 Å². The Labute approximate surface area is 149 Å². The molecule has 1 heterocycles. The average Bonchev–Trinajstić information content (AvgIpc) is 2.76. The number of aliphatic imine (C=N–C) groups is 1. The van der Waals surface area contributed by atoms with Crippen LogP contribution in [0.5, 0.6) is 5.75 Å². The number of nitrogens with zero attached hydrogens (tertiary/aromatic N) is 2. The second-order valence-electron chi connectivity index (χ2n) is 5.16. The first-order valence-corrected chi connectivity index (χ1v) is 8.41. The van der Waals surface area contributed by atoms with Gasteiger partial charge in [0, 0.05) is 0 Å². The van der Waals surface area contributed by atoms with Gasteiger partial charge in [-0.2, -0.15) is 0 Å². The summed E-state index contributed by atoms with van der Waals surface area (Å²) in [5.74, 6) is -0.554. The second-order valence-corrected chi connectivity index (χ2v) is 6.86. The molecule has 1 atom stereocenters. The molecule has 0 aliphatic carbocycles. The number of halogens is 2. The Morgan fingerprint density at radius 2 is 1.83 bits per heavy atom. The molecule has 1 unspecified atom stereocenters. The van der Waals surface area contributed by atoms with Crippen LogP contribution in [0, 0.1) is 5.82 Å². The Morgan fingerprint density at radius 3 is 2.35 bits per heavy atom. The molecular weight excluding hydrogens is 426 g/mol. The molecule has 1 aliphatic heterocycles. The molecule has 2 aromatic carbocycles. The van der Waals surface area contributed by atoms with Crippen molar-refractivity contribution in [3.8, 4) is 5.75 Å². The summed E-state index contributed by atoms with van der Waals surface area (Å²) >= 11 is 5.42. The Morgan fingerprint density at radius 1 is 1.22 bits per heavy atom. The molecule has 116 valence electrons. The van der Waals surface area contributed by atoms with Crippen LogP contribution >= 0.6 is 15.9 Å². The third-order valence-electron chi connectivity index (χ3n) is 3.80. The van der Waals surface area contributed by atoms with Crippen molar-refractivity contribution < 1.29 is 14.3 Å². The van der Waals surface area contributed by atoms with Crippen LogP contribution in [0.4, 0.5) is 4.39 Å². The van der Waals surface area contributed by atoms with E-state index in [-0.39, 0.29) is 16.1 Å². The number of rotatable bonds is 2. The maximum absolute atomic E-state index is 13.6. The van der Waals surface area contributed by atoms with Crippen molar-refractivity contribution in [2.45, 2.75) is 5.54 Å². The van der Waals surface area contributed by atoms with Crippen molar-refractivity contribution in [1.29, 1.82) is 0 Å². The van der Waals surface area contributed by atoms with Crippen molar-refractivity contribution in [3.05, 3.63) is 63.9 Å². The van der Waals surface area contributed by atoms with Crippen LogP contribution < -0.4 is 0 Å². The predicted molar refractivity (Wildman–Crippen MR) is 88.9 cm³/mol. The van der Waals surface area contributed by atoms with E-state index in [0.717, 1.165) is 0 Å². The van der Waals surface area contributed by atoms with Crippen molar-refractivity contribution in [3.63, 3.8) is 0 Å². The number of carbonyl (C=O) groups is 1. The summed E-state index contributed by atoms with van der Waals surface area (Å²) < 4.78 is 14.4. The Kier molecular flexibility index (Phi) is 4.06. The summed E-state index contributed by atoms with van der Waals surface area (Å²) in [6.45, 7) is 0. The van der Waals surface area contributed by atoms with Crippen LogP contribution in [-0.2, 0) is 10.3 Å². The topological polar surface area (TPSA) is 52.9 Å². The summed E-state index contributed by atoms with van der Waals surface area (Å²) in [5, 5.41) is 9.51. The normalized spacial score (nSPS) is 20.8. The zero-order valence-corrected chi connectivity index (χ0v) is 15.5. The van der Waals surface area contributed by atoms with Gasteiger partial charge in [0.1, 0.15) is 0 Å². The summed E-state index contributed by atoms with van der Waals surface area (Å²) in [5.41, 5.74) is -0.137. The van der Waals surface area contributed by atoms with E-state index in [2.05, 4.69) is 37.8 Å². The van der Waals surface area contributed by atoms with Crippen LogP contribution in [0.15, 0.2) is 51.9 Å². The monoisotopic (exact) mass is 436 g/mol. The van der Waals surface area contributed by atoms with Gasteiger partial charge in [-0.15, -0.1) is 0 Å². The molecule has 0 saturated heterocycles. The van der Waals surface area contributed by atoms with Crippen molar-refractivity contribution in [2.24, 2.45) is 4.99 Å². The molecule has 0 bridgehead atoms. The van der Waals surface area contributed by atoms with Crippen LogP contribution in [0.1, 0.15) is 11.1 Å². The minimum atomic E-state index is -1.29. The summed E-state index contributed by atoms with van der Waals surface area (Å²) in [7, 11) is 1.64. The number of carbonyl (C=O) groups excluding carboxylic acids is 1. The quantitative estimate of drug-likeness (QED) is 0.735. The first kappa shape index (κ1) is 16.2. The first-order valence-electron chi connectivity index (χ1n) is 6.68. The van der Waals surface area contributed by atoms with Crippen molar-refractivity contribution in [2.75, 3.05) is 7.05 Å². The van der Waals surface area contributed by atoms with Crippen LogP contribution in [0.25, 0.3) is 0 Å². The van der Waals surface area contributed by atoms with E-state index in [0.29, 0.717) is 15.8 Å². The second kappa shape index (κ2) is 5.77. The van der Waals surface area contributed by atoms with E-state index in [9.17, 15) is 14.3 Å². The molecule has 1 aliphatic rings. The molecule has 2 aromatic rings. The molecule has 0 fully saturated rings. The van der Waals surface area contributed by atoms with E-state index >= 15 is 0 Å². The molecule has 4 nitrogen and oxygen atoms in total. The molecule has 2 radical (unpaired) electrons. The number of hydrogen-bond acceptors (Lipinski definition) is 3. The van der Waals surface area contributed by atoms with Gasteiger partial charge in [0.15, 0.2) is 0 Å². The van der Waals surface area contributed by atoms with Gasteiger partial charge in [0.05, 0.1) is 0 Å². The number of amidine groups is 1. The molecule has 1 amide bonds. The molecule has 1 N–H and O–H groups in total. The first-order chi connectivity index (χ1) is 10.9. The van der Waals surface area contributed by atoms with Gasteiger partial charge in [-0.3, -0.25) is 0 Å². The molecule has 23 heavy (non-hydrogen) atoms. The van der Waals surface area contributed by atoms with Gasteiger partial charge in [-0.25, -0.2) is 0 Å². The Hall–Kier alpha value is -1.65. The number of hydrogen-bond donors (Lipinski definition) is 1. The number of aromatic hydroxyl groups is 1. The fourth-order valence-electron chi connectivity index (χ4n) is 2.57. The van der Waals surface area contributed by atoms with E-state index in [1.54, 1.807) is 31.3 Å². The van der Waals surface area contributed by atoms with Gasteiger partial charge >= 0.3 is 150 Å². The van der Waals surface area contributed by atoms with Gasteiger partial charge in [-0.05, 0) is 0 Å². The van der Waals surface area contributed by atoms with E-state index < -0.39 is 11.4 Å². The predicted octanol–water partition coefficient (Wildman–Crippen LogP) is 2.53. The number of phenolic OH excluding ortho intramolecular Hbond substituents is 1. The Bertz CT molecular complexity index is 825. The van der Waals surface area contributed by atoms with Crippen molar-refractivity contribution in [1.82, 2.24) is 4.90 Å². The van der Waals surface area contributed by atoms with Crippen molar-refractivity contribution >= 4 is 43.3 Å². The zero-order valence-electron chi connectivity index (χ0n) is 12.0. The van der Waals surface area contributed by atoms with E-state index in [1.807, 2.05) is 0 Å². The number of likely N-dealkylation sites (N-methyl/N-ethyl adjacent to an activating group) is 1. The van der Waals surface area contributed by atoms with Gasteiger partial charge in [0.25, 0.3) is 0 Å². The summed E-state index contributed by atoms with van der Waals surface area (Å²) in [6, 6.07) is 10.7. The minimum absolute atomic E-state index is 0.0967. The molecule has 0 saturated carbocycles. The third-order valence-corrected chi connectivity index (χ3v) is 5.25. The number of benzene rings is 2. The number of phenols is 1. The fourth-order valence-corrected chi connectivity index (χ4v) is 3.46. The third kappa shape index (κ3) is 2.50. The Balaban J connectivity index is 2.29. The fraction of sp³-hybridized carbons (Fsp3) is 0.125. The molecule has 0 spiro atoms. The van der Waals surface area contributed by atoms with Gasteiger partial charge in [0.2, 0.25) is 0 Å². The standard InChI is InChI=1S/C16H11AsBrFN2O2/c1-21-14(23)16(20-15(21)17,9-2-5-11(22)6-3-9)10-4-7-13(19)12(18)8-10/h2-8,22H,1H3. The maximum atomic E-state index is 13.6. The summed E-state index contributed by atoms with van der Waals surface area (Å²) in [6.07, 6.45) is 0. The van der Waals surface area contributed by atoms with Crippen LogP contribution in [-0.4, -0.2) is 44.4 Å². The molecule has 3 rings (SSSR count). The van der Waals surface area contributed by atoms with E-state index in [1.165, 1.54) is 23.1 Å². The van der Waals surface area contributed by atoms with Crippen LogP contribution in [0.3, 0.4) is 0 Å². The number of amides is 1. The average molecular weight is 437 g/mol. The van der Waals surface area contributed by atoms with Gasteiger partial charge in [-0.1, -0.05) is 0 Å². The molecule has 0 aromatic heterocycles. The summed E-state index contributed by atoms with van der Waals surface area (Å²) in [4.78, 5) is 19.0. The molecular formula is C16H11AsBrFN2O2. The SMILES string of the molecule is CN1C(=O)C(c2ccc(O)cc2)(c2ccc(F)c(Br)c2)N=C1[As].